The Morgan fingerprint density at radius 2 is 1.50 bits per heavy atom. The van der Waals surface area contributed by atoms with Gasteiger partial charge < -0.3 is 25.8 Å². The topological polar surface area (TPSA) is 169 Å². The van der Waals surface area contributed by atoms with Crippen molar-refractivity contribution < 1.29 is 33.8 Å². The number of hydrogen-bond donors (Lipinski definition) is 5. The Bertz CT molecular complexity index is 1230. The number of benzene rings is 2. The van der Waals surface area contributed by atoms with Crippen LogP contribution in [0, 0.1) is 5.92 Å². The van der Waals surface area contributed by atoms with Crippen LogP contribution in [0.15, 0.2) is 60.7 Å². The fourth-order valence-corrected chi connectivity index (χ4v) is 4.27. The number of carbonyl (C=O) groups is 5. The average Bonchev–Trinajstić information content (AvgIpc) is 3.77. The normalized spacial score (nSPS) is 17.0. The van der Waals surface area contributed by atoms with Gasteiger partial charge in [-0.25, -0.2) is 5.01 Å². The molecule has 42 heavy (non-hydrogen) atoms. The van der Waals surface area contributed by atoms with Gasteiger partial charge in [-0.2, -0.15) is 0 Å². The van der Waals surface area contributed by atoms with E-state index in [0.29, 0.717) is 11.6 Å². The lowest BCUT2D eigenvalue weighted by Crippen LogP contribution is -2.58. The van der Waals surface area contributed by atoms with Gasteiger partial charge in [-0.05, 0) is 43.4 Å². The Kier molecular flexibility index (Phi) is 12.0. The van der Waals surface area contributed by atoms with Crippen LogP contribution >= 0.6 is 0 Å². The molecule has 12 nitrogen and oxygen atoms in total. The molecule has 226 valence electrons. The number of nitrogens with one attached hydrogen (secondary N) is 4. The van der Waals surface area contributed by atoms with Crippen LogP contribution in [-0.4, -0.2) is 77.1 Å². The van der Waals surface area contributed by atoms with E-state index in [1.807, 2.05) is 74.5 Å². The molecule has 1 heterocycles. The van der Waals surface area contributed by atoms with Crippen molar-refractivity contribution in [2.45, 2.75) is 64.4 Å². The van der Waals surface area contributed by atoms with Crippen molar-refractivity contribution >= 4 is 29.6 Å². The van der Waals surface area contributed by atoms with Gasteiger partial charge >= 0.3 is 5.97 Å². The van der Waals surface area contributed by atoms with E-state index in [-0.39, 0.29) is 12.5 Å². The molecule has 0 radical (unpaired) electrons. The summed E-state index contributed by atoms with van der Waals surface area (Å²) in [5, 5.41) is 18.4. The van der Waals surface area contributed by atoms with Crippen molar-refractivity contribution in [1.29, 1.82) is 0 Å². The first-order valence-electron chi connectivity index (χ1n) is 13.9. The summed E-state index contributed by atoms with van der Waals surface area (Å²) in [6.07, 6.45) is -0.675. The van der Waals surface area contributed by atoms with E-state index in [0.717, 1.165) is 18.4 Å². The number of aliphatic carboxylic acids is 1. The van der Waals surface area contributed by atoms with Crippen LogP contribution in [0.25, 0.3) is 0 Å². The van der Waals surface area contributed by atoms with Crippen LogP contribution < -0.4 is 21.4 Å². The van der Waals surface area contributed by atoms with Crippen LogP contribution in [0.1, 0.15) is 38.3 Å². The minimum Gasteiger partial charge on any atom is -0.480 e. The maximum atomic E-state index is 13.0. The van der Waals surface area contributed by atoms with Gasteiger partial charge in [-0.15, -0.1) is 0 Å². The van der Waals surface area contributed by atoms with Gasteiger partial charge in [0.05, 0.1) is 6.04 Å². The highest BCUT2D eigenvalue weighted by Gasteiger charge is 2.52. The molecular formula is C30H39N5O7. The van der Waals surface area contributed by atoms with Crippen LogP contribution in [0.3, 0.4) is 0 Å². The first-order valence-corrected chi connectivity index (χ1v) is 13.9. The van der Waals surface area contributed by atoms with Gasteiger partial charge in [-0.3, -0.25) is 29.4 Å². The molecule has 5 N–H and O–H groups in total. The molecule has 0 aromatic heterocycles. The van der Waals surface area contributed by atoms with Gasteiger partial charge in [0.2, 0.25) is 5.91 Å². The third-order valence-electron chi connectivity index (χ3n) is 6.66. The summed E-state index contributed by atoms with van der Waals surface area (Å²) in [5.41, 5.74) is 4.30. The number of carbonyl (C=O) groups excluding carboxylic acids is 4. The fourth-order valence-electron chi connectivity index (χ4n) is 4.27. The molecule has 0 saturated carbocycles. The second kappa shape index (κ2) is 15.6. The van der Waals surface area contributed by atoms with Crippen LogP contribution in [0.2, 0.25) is 0 Å². The number of hydrazine groups is 1. The largest absolute Gasteiger partial charge is 0.480 e. The first kappa shape index (κ1) is 32.2. The lowest BCUT2D eigenvalue weighted by Gasteiger charge is -2.26. The molecule has 4 atom stereocenters. The molecule has 2 unspecified atom stereocenters. The van der Waals surface area contributed by atoms with E-state index in [1.54, 1.807) is 0 Å². The molecule has 0 spiro atoms. The van der Waals surface area contributed by atoms with Gasteiger partial charge in [0.15, 0.2) is 12.2 Å². The van der Waals surface area contributed by atoms with Crippen LogP contribution in [-0.2, 0) is 41.7 Å². The van der Waals surface area contributed by atoms with Crippen molar-refractivity contribution in [3.63, 3.8) is 0 Å². The summed E-state index contributed by atoms with van der Waals surface area (Å²) in [6, 6.07) is 17.5. The second-order valence-corrected chi connectivity index (χ2v) is 10.5. The highest BCUT2D eigenvalue weighted by molar-refractivity contribution is 5.97. The Morgan fingerprint density at radius 1 is 0.881 bits per heavy atom. The van der Waals surface area contributed by atoms with Crippen molar-refractivity contribution in [3.05, 3.63) is 71.8 Å². The van der Waals surface area contributed by atoms with Crippen molar-refractivity contribution in [1.82, 2.24) is 26.4 Å². The average molecular weight is 582 g/mol. The molecule has 4 amide bonds. The van der Waals surface area contributed by atoms with Crippen molar-refractivity contribution in [3.8, 4) is 0 Å². The lowest BCUT2D eigenvalue weighted by molar-refractivity contribution is -0.151. The molecule has 1 aliphatic heterocycles. The Labute approximate surface area is 245 Å². The lowest BCUT2D eigenvalue weighted by atomic mass is 10.0. The molecule has 1 saturated heterocycles. The summed E-state index contributed by atoms with van der Waals surface area (Å²) in [4.78, 5) is 62.5. The van der Waals surface area contributed by atoms with Crippen molar-refractivity contribution in [2.24, 2.45) is 5.92 Å². The number of ether oxygens (including phenoxy) is 1. The predicted molar refractivity (Wildman–Crippen MR) is 153 cm³/mol. The van der Waals surface area contributed by atoms with E-state index in [4.69, 9.17) is 4.74 Å². The smallest absolute Gasteiger partial charge is 0.325 e. The summed E-state index contributed by atoms with van der Waals surface area (Å²) in [6.45, 7) is 5.15. The molecule has 0 bridgehead atoms. The number of rotatable bonds is 15. The van der Waals surface area contributed by atoms with E-state index < -0.39 is 60.4 Å². The number of nitrogens with zero attached hydrogens (tertiary/aromatic N) is 1. The van der Waals surface area contributed by atoms with Gasteiger partial charge in [-0.1, -0.05) is 74.5 Å². The van der Waals surface area contributed by atoms with Crippen LogP contribution in [0.4, 0.5) is 0 Å². The third kappa shape index (κ3) is 9.96. The minimum atomic E-state index is -1.38. The number of amides is 4. The standard InChI is InChI=1S/C30H39N5O7/c1-19(2)24(31-16-10-15-21-11-6-4-7-12-21)28(39)33-20(3)27(38)34-35(18-23(36)37)30(41)26-25(42-26)29(40)32-17-22-13-8-5-9-14-22/h4-9,11-14,19-20,24-26,31H,10,15-18H2,1-3H3,(H,32,40)(H,33,39)(H,34,38)(H,36,37)/t20?,24?,25-,26-/m1/s1. The highest BCUT2D eigenvalue weighted by atomic mass is 16.6. The molecule has 0 aliphatic carbocycles. The fraction of sp³-hybridized carbons (Fsp3) is 0.433. The number of carboxylic acids is 1. The van der Waals surface area contributed by atoms with Gasteiger partial charge in [0, 0.05) is 6.54 Å². The maximum Gasteiger partial charge on any atom is 0.325 e. The zero-order chi connectivity index (χ0) is 30.6. The van der Waals surface area contributed by atoms with E-state index >= 15 is 0 Å². The number of epoxide rings is 1. The van der Waals surface area contributed by atoms with E-state index in [2.05, 4.69) is 21.4 Å². The molecule has 2 aromatic rings. The van der Waals surface area contributed by atoms with E-state index in [9.17, 15) is 29.1 Å². The molecule has 3 rings (SSSR count). The van der Waals surface area contributed by atoms with Gasteiger partial charge in [0.1, 0.15) is 12.6 Å². The maximum absolute atomic E-state index is 13.0. The monoisotopic (exact) mass is 581 g/mol. The number of carboxylic acid groups (broad SMARTS) is 1. The first-order chi connectivity index (χ1) is 20.1. The molecule has 1 fully saturated rings. The Hall–Kier alpha value is -4.29. The predicted octanol–water partition coefficient (Wildman–Crippen LogP) is 0.766. The Morgan fingerprint density at radius 3 is 2.10 bits per heavy atom. The summed E-state index contributed by atoms with van der Waals surface area (Å²) in [7, 11) is 0. The third-order valence-corrected chi connectivity index (χ3v) is 6.66. The SMILES string of the molecule is CC(NC(=O)C(NCCCc1ccccc1)C(C)C)C(=O)NN(CC(=O)O)C(=O)[C@@H]1O[C@H]1C(=O)NCc1ccccc1. The van der Waals surface area contributed by atoms with Crippen LogP contribution in [0.5, 0.6) is 0 Å². The number of aryl methyl sites for hydroxylation is 1. The van der Waals surface area contributed by atoms with Crippen molar-refractivity contribution in [2.75, 3.05) is 13.1 Å². The molecule has 2 aromatic carbocycles. The molecule has 12 heteroatoms. The summed E-state index contributed by atoms with van der Waals surface area (Å²) in [5.74, 6) is -4.07. The minimum absolute atomic E-state index is 0.0703. The zero-order valence-corrected chi connectivity index (χ0v) is 24.0. The Balaban J connectivity index is 1.49. The second-order valence-electron chi connectivity index (χ2n) is 10.5. The molecular weight excluding hydrogens is 542 g/mol. The molecule has 1 aliphatic rings. The number of hydrogen-bond acceptors (Lipinski definition) is 7. The zero-order valence-electron chi connectivity index (χ0n) is 24.0. The summed E-state index contributed by atoms with van der Waals surface area (Å²) < 4.78 is 5.21. The highest BCUT2D eigenvalue weighted by Crippen LogP contribution is 2.24. The van der Waals surface area contributed by atoms with Gasteiger partial charge in [0.25, 0.3) is 17.7 Å². The quantitative estimate of drug-likeness (QED) is 0.117. The van der Waals surface area contributed by atoms with E-state index in [1.165, 1.54) is 12.5 Å². The summed E-state index contributed by atoms with van der Waals surface area (Å²) >= 11 is 0.